The smallest absolute Gasteiger partial charge is 0.131 e. The Morgan fingerprint density at radius 3 is 2.68 bits per heavy atom. The molecule has 0 aliphatic carbocycles. The number of nitrogens with zero attached hydrogens (tertiary/aromatic N) is 2. The molecule has 0 saturated heterocycles. The fraction of sp³-hybridized carbons (Fsp3) is 0.357. The van der Waals surface area contributed by atoms with Crippen LogP contribution in [0, 0.1) is 13.8 Å². The van der Waals surface area contributed by atoms with Crippen LogP contribution in [0.3, 0.4) is 0 Å². The fourth-order valence-electron chi connectivity index (χ4n) is 2.25. The fourth-order valence-corrected chi connectivity index (χ4v) is 2.52. The third kappa shape index (κ3) is 2.74. The van der Waals surface area contributed by atoms with Crippen LogP contribution < -0.4 is 10.5 Å². The number of methoxy groups -OCH3 is 1. The molecule has 5 heteroatoms. The van der Waals surface area contributed by atoms with Crippen molar-refractivity contribution in [2.45, 2.75) is 20.4 Å². The number of rotatable bonds is 4. The maximum atomic E-state index is 6.16. The molecule has 0 fully saturated rings. The van der Waals surface area contributed by atoms with E-state index in [1.165, 1.54) is 0 Å². The molecule has 0 radical (unpaired) electrons. The van der Waals surface area contributed by atoms with E-state index >= 15 is 0 Å². The summed E-state index contributed by atoms with van der Waals surface area (Å²) in [5.41, 5.74) is 9.50. The van der Waals surface area contributed by atoms with Crippen LogP contribution in [0.2, 0.25) is 5.02 Å². The average molecular weight is 280 g/mol. The number of aryl methyl sites for hydroxylation is 2. The Labute approximate surface area is 118 Å². The van der Waals surface area contributed by atoms with Gasteiger partial charge in [-0.1, -0.05) is 11.6 Å². The van der Waals surface area contributed by atoms with Crippen LogP contribution in [-0.4, -0.2) is 23.4 Å². The molecule has 0 aliphatic rings. The van der Waals surface area contributed by atoms with Gasteiger partial charge < -0.3 is 10.5 Å². The molecule has 0 aliphatic heterocycles. The zero-order valence-corrected chi connectivity index (χ0v) is 12.2. The molecule has 0 unspecified atom stereocenters. The van der Waals surface area contributed by atoms with Crippen molar-refractivity contribution in [3.63, 3.8) is 0 Å². The van der Waals surface area contributed by atoms with Crippen LogP contribution in [0.5, 0.6) is 5.75 Å². The number of ether oxygens (including phenoxy) is 1. The predicted molar refractivity (Wildman–Crippen MR) is 77.8 cm³/mol. The highest BCUT2D eigenvalue weighted by Crippen LogP contribution is 2.35. The molecule has 19 heavy (non-hydrogen) atoms. The van der Waals surface area contributed by atoms with Crippen LogP contribution >= 0.6 is 11.6 Å². The number of benzene rings is 1. The molecule has 2 N–H and O–H groups in total. The molecular weight excluding hydrogens is 262 g/mol. The highest BCUT2D eigenvalue weighted by molar-refractivity contribution is 6.31. The molecule has 2 aromatic rings. The number of nitrogens with two attached hydrogens (primary N) is 1. The molecule has 1 aromatic heterocycles. The first kappa shape index (κ1) is 13.9. The van der Waals surface area contributed by atoms with E-state index < -0.39 is 0 Å². The van der Waals surface area contributed by atoms with Crippen molar-refractivity contribution >= 4 is 11.6 Å². The SMILES string of the molecule is COc1c(C)cc(Cl)cc1-c1cc(C)nn1CCN. The van der Waals surface area contributed by atoms with E-state index in [4.69, 9.17) is 22.1 Å². The summed E-state index contributed by atoms with van der Waals surface area (Å²) in [6.45, 7) is 5.14. The summed E-state index contributed by atoms with van der Waals surface area (Å²) in [5.74, 6) is 0.822. The Bertz CT molecular complexity index is 593. The second-order valence-electron chi connectivity index (χ2n) is 4.49. The van der Waals surface area contributed by atoms with E-state index in [1.807, 2.05) is 36.7 Å². The van der Waals surface area contributed by atoms with E-state index in [9.17, 15) is 0 Å². The van der Waals surface area contributed by atoms with Crippen molar-refractivity contribution in [3.05, 3.63) is 34.5 Å². The predicted octanol–water partition coefficient (Wildman–Crippen LogP) is 2.79. The van der Waals surface area contributed by atoms with Gasteiger partial charge in [0.15, 0.2) is 0 Å². The topological polar surface area (TPSA) is 53.1 Å². The Hall–Kier alpha value is -1.52. The molecule has 4 nitrogen and oxygen atoms in total. The van der Waals surface area contributed by atoms with E-state index in [1.54, 1.807) is 7.11 Å². The second kappa shape index (κ2) is 5.63. The summed E-state index contributed by atoms with van der Waals surface area (Å²) < 4.78 is 7.39. The lowest BCUT2D eigenvalue weighted by atomic mass is 10.1. The minimum absolute atomic E-state index is 0.538. The van der Waals surface area contributed by atoms with E-state index in [0.717, 1.165) is 28.3 Å². The van der Waals surface area contributed by atoms with Crippen molar-refractivity contribution in [1.82, 2.24) is 9.78 Å². The molecule has 0 atom stereocenters. The normalized spacial score (nSPS) is 10.8. The summed E-state index contributed by atoms with van der Waals surface area (Å²) in [6.07, 6.45) is 0. The first-order chi connectivity index (χ1) is 9.06. The van der Waals surface area contributed by atoms with Gasteiger partial charge in [0.1, 0.15) is 5.75 Å². The minimum atomic E-state index is 0.538. The standard InChI is InChI=1S/C14H18ClN3O/c1-9-6-11(15)8-12(14(9)19-3)13-7-10(2)17-18(13)5-4-16/h6-8H,4-5,16H2,1-3H3. The highest BCUT2D eigenvalue weighted by atomic mass is 35.5. The summed E-state index contributed by atoms with van der Waals surface area (Å²) in [5, 5.41) is 5.14. The van der Waals surface area contributed by atoms with Gasteiger partial charge in [0, 0.05) is 17.1 Å². The lowest BCUT2D eigenvalue weighted by Gasteiger charge is -2.13. The zero-order chi connectivity index (χ0) is 14.0. The molecule has 0 saturated carbocycles. The van der Waals surface area contributed by atoms with Crippen LogP contribution in [-0.2, 0) is 6.54 Å². The number of aromatic nitrogens is 2. The van der Waals surface area contributed by atoms with E-state index in [2.05, 4.69) is 5.10 Å². The van der Waals surface area contributed by atoms with Gasteiger partial charge in [-0.25, -0.2) is 0 Å². The van der Waals surface area contributed by atoms with Gasteiger partial charge in [0.05, 0.1) is 25.0 Å². The number of hydrogen-bond donors (Lipinski definition) is 1. The van der Waals surface area contributed by atoms with E-state index in [-0.39, 0.29) is 0 Å². The Morgan fingerprint density at radius 2 is 2.05 bits per heavy atom. The Morgan fingerprint density at radius 1 is 1.32 bits per heavy atom. The van der Waals surface area contributed by atoms with Gasteiger partial charge in [-0.05, 0) is 37.6 Å². The van der Waals surface area contributed by atoms with Crippen LogP contribution in [0.15, 0.2) is 18.2 Å². The molecule has 1 heterocycles. The van der Waals surface area contributed by atoms with Crippen LogP contribution in [0.25, 0.3) is 11.3 Å². The van der Waals surface area contributed by atoms with Crippen LogP contribution in [0.4, 0.5) is 0 Å². The largest absolute Gasteiger partial charge is 0.496 e. The van der Waals surface area contributed by atoms with Crippen molar-refractivity contribution in [2.24, 2.45) is 5.73 Å². The third-order valence-corrected chi connectivity index (χ3v) is 3.18. The molecule has 0 spiro atoms. The third-order valence-electron chi connectivity index (χ3n) is 2.96. The molecular formula is C14H18ClN3O. The van der Waals surface area contributed by atoms with E-state index in [0.29, 0.717) is 18.1 Å². The van der Waals surface area contributed by atoms with Gasteiger partial charge in [-0.15, -0.1) is 0 Å². The maximum absolute atomic E-state index is 6.16. The van der Waals surface area contributed by atoms with Gasteiger partial charge in [0.2, 0.25) is 0 Å². The summed E-state index contributed by atoms with van der Waals surface area (Å²) >= 11 is 6.16. The van der Waals surface area contributed by atoms with Gasteiger partial charge in [-0.2, -0.15) is 5.10 Å². The maximum Gasteiger partial charge on any atom is 0.131 e. The lowest BCUT2D eigenvalue weighted by Crippen LogP contribution is -2.12. The van der Waals surface area contributed by atoms with Crippen molar-refractivity contribution in [1.29, 1.82) is 0 Å². The summed E-state index contributed by atoms with van der Waals surface area (Å²) in [7, 11) is 1.66. The monoisotopic (exact) mass is 279 g/mol. The molecule has 0 amide bonds. The zero-order valence-electron chi connectivity index (χ0n) is 11.4. The van der Waals surface area contributed by atoms with Crippen molar-refractivity contribution in [3.8, 4) is 17.0 Å². The lowest BCUT2D eigenvalue weighted by molar-refractivity contribution is 0.413. The highest BCUT2D eigenvalue weighted by Gasteiger charge is 2.15. The van der Waals surface area contributed by atoms with Crippen molar-refractivity contribution in [2.75, 3.05) is 13.7 Å². The minimum Gasteiger partial charge on any atom is -0.496 e. The Balaban J connectivity index is 2.63. The number of halogens is 1. The quantitative estimate of drug-likeness (QED) is 0.936. The van der Waals surface area contributed by atoms with Gasteiger partial charge in [0.25, 0.3) is 0 Å². The van der Waals surface area contributed by atoms with Crippen molar-refractivity contribution < 1.29 is 4.74 Å². The molecule has 1 aromatic carbocycles. The van der Waals surface area contributed by atoms with Gasteiger partial charge in [-0.3, -0.25) is 4.68 Å². The molecule has 102 valence electrons. The first-order valence-electron chi connectivity index (χ1n) is 6.16. The first-order valence-corrected chi connectivity index (χ1v) is 6.53. The van der Waals surface area contributed by atoms with Crippen LogP contribution in [0.1, 0.15) is 11.3 Å². The summed E-state index contributed by atoms with van der Waals surface area (Å²) in [4.78, 5) is 0. The molecule has 2 rings (SSSR count). The number of hydrogen-bond acceptors (Lipinski definition) is 3. The molecule has 0 bridgehead atoms. The second-order valence-corrected chi connectivity index (χ2v) is 4.92. The average Bonchev–Trinajstić information content (AvgIpc) is 2.70. The van der Waals surface area contributed by atoms with Gasteiger partial charge >= 0.3 is 0 Å². The Kier molecular flexibility index (Phi) is 4.12. The summed E-state index contributed by atoms with van der Waals surface area (Å²) in [6, 6.07) is 5.81.